The zero-order valence-electron chi connectivity index (χ0n) is 17.7. The fraction of sp³-hybridized carbons (Fsp3) is 0.500. The molecule has 6 heteroatoms. The van der Waals surface area contributed by atoms with Gasteiger partial charge in [-0.15, -0.1) is 11.3 Å². The first-order chi connectivity index (χ1) is 14.6. The first-order valence-corrected chi connectivity index (χ1v) is 11.7. The molecule has 1 aromatic carbocycles. The minimum absolute atomic E-state index is 0.223. The molecule has 1 atom stereocenters. The number of nitrogens with one attached hydrogen (secondary N) is 1. The Bertz CT molecular complexity index is 949. The molecule has 0 spiro atoms. The molecule has 0 saturated carbocycles. The maximum absolute atomic E-state index is 13.0. The van der Waals surface area contributed by atoms with Crippen molar-refractivity contribution in [1.82, 2.24) is 0 Å². The highest BCUT2D eigenvalue weighted by Crippen LogP contribution is 2.38. The molecular formula is C24H29NO4S. The number of rotatable bonds is 6. The Morgan fingerprint density at radius 2 is 1.80 bits per heavy atom. The summed E-state index contributed by atoms with van der Waals surface area (Å²) in [4.78, 5) is 26.6. The van der Waals surface area contributed by atoms with Crippen molar-refractivity contribution < 1.29 is 19.1 Å². The van der Waals surface area contributed by atoms with E-state index < -0.39 is 6.10 Å². The Morgan fingerprint density at radius 3 is 2.57 bits per heavy atom. The van der Waals surface area contributed by atoms with Crippen LogP contribution < -0.4 is 10.1 Å². The number of ether oxygens (including phenoxy) is 2. The summed E-state index contributed by atoms with van der Waals surface area (Å²) >= 11 is 1.50. The molecule has 1 aromatic heterocycles. The fourth-order valence-corrected chi connectivity index (χ4v) is 5.71. The summed E-state index contributed by atoms with van der Waals surface area (Å²) in [6.07, 6.45) is 8.52. The average Bonchev–Trinajstić information content (AvgIpc) is 3.14. The van der Waals surface area contributed by atoms with E-state index in [1.807, 2.05) is 13.0 Å². The lowest BCUT2D eigenvalue weighted by molar-refractivity contribution is -0.122. The smallest absolute Gasteiger partial charge is 0.341 e. The number of hydrogen-bond acceptors (Lipinski definition) is 5. The van der Waals surface area contributed by atoms with Gasteiger partial charge in [0.2, 0.25) is 0 Å². The van der Waals surface area contributed by atoms with E-state index in [0.717, 1.165) is 49.8 Å². The summed E-state index contributed by atoms with van der Waals surface area (Å²) in [6.45, 7) is 1.93. The minimum atomic E-state index is -0.615. The number of anilines is 1. The second-order valence-electron chi connectivity index (χ2n) is 8.05. The van der Waals surface area contributed by atoms with Crippen molar-refractivity contribution in [2.45, 2.75) is 70.8 Å². The maximum Gasteiger partial charge on any atom is 0.341 e. The highest BCUT2D eigenvalue weighted by molar-refractivity contribution is 7.17. The molecule has 1 heterocycles. The Labute approximate surface area is 181 Å². The van der Waals surface area contributed by atoms with Gasteiger partial charge < -0.3 is 14.8 Å². The lowest BCUT2D eigenvalue weighted by Gasteiger charge is -2.20. The van der Waals surface area contributed by atoms with Crippen LogP contribution in [0.1, 0.15) is 71.0 Å². The molecule has 5 nitrogen and oxygen atoms in total. The van der Waals surface area contributed by atoms with Gasteiger partial charge in [-0.25, -0.2) is 4.79 Å². The number of methoxy groups -OCH3 is 1. The highest BCUT2D eigenvalue weighted by Gasteiger charge is 2.29. The normalized spacial score (nSPS) is 16.2. The maximum atomic E-state index is 13.0. The van der Waals surface area contributed by atoms with Gasteiger partial charge in [0.25, 0.3) is 5.91 Å². The van der Waals surface area contributed by atoms with Crippen molar-refractivity contribution >= 4 is 28.2 Å². The molecule has 2 aliphatic rings. The fourth-order valence-electron chi connectivity index (χ4n) is 4.43. The Kier molecular flexibility index (Phi) is 6.42. The quantitative estimate of drug-likeness (QED) is 0.652. The van der Waals surface area contributed by atoms with Crippen LogP contribution in [0, 0.1) is 0 Å². The zero-order chi connectivity index (χ0) is 21.1. The lowest BCUT2D eigenvalue weighted by atomic mass is 9.92. The summed E-state index contributed by atoms with van der Waals surface area (Å²) in [5.74, 6) is 0.128. The largest absolute Gasteiger partial charge is 0.481 e. The van der Waals surface area contributed by atoms with Crippen LogP contribution in [-0.4, -0.2) is 25.1 Å². The van der Waals surface area contributed by atoms with Gasteiger partial charge in [-0.05, 0) is 86.6 Å². The summed E-state index contributed by atoms with van der Waals surface area (Å²) in [6, 6.07) is 6.16. The minimum Gasteiger partial charge on any atom is -0.481 e. The molecule has 0 radical (unpaired) electrons. The van der Waals surface area contributed by atoms with Crippen LogP contribution in [0.3, 0.4) is 0 Å². The van der Waals surface area contributed by atoms with E-state index >= 15 is 0 Å². The number of carbonyl (C=O) groups is 2. The Hall–Kier alpha value is -2.34. The van der Waals surface area contributed by atoms with Gasteiger partial charge in [-0.3, -0.25) is 4.79 Å². The van der Waals surface area contributed by atoms with Crippen LogP contribution >= 0.6 is 11.3 Å². The van der Waals surface area contributed by atoms with Gasteiger partial charge in [0, 0.05) is 4.88 Å². The van der Waals surface area contributed by atoms with Crippen LogP contribution in [0.25, 0.3) is 0 Å². The molecule has 30 heavy (non-hydrogen) atoms. The highest BCUT2D eigenvalue weighted by atomic mass is 32.1. The average molecular weight is 428 g/mol. The molecule has 1 N–H and O–H groups in total. The van der Waals surface area contributed by atoms with E-state index in [2.05, 4.69) is 17.4 Å². The summed E-state index contributed by atoms with van der Waals surface area (Å²) in [5, 5.41) is 3.56. The number of benzene rings is 1. The predicted molar refractivity (Wildman–Crippen MR) is 119 cm³/mol. The molecule has 2 aromatic rings. The van der Waals surface area contributed by atoms with Crippen molar-refractivity contribution in [2.24, 2.45) is 0 Å². The van der Waals surface area contributed by atoms with Gasteiger partial charge in [0.05, 0.1) is 12.7 Å². The number of amides is 1. The molecule has 0 bridgehead atoms. The Balaban J connectivity index is 1.52. The van der Waals surface area contributed by atoms with Crippen molar-refractivity contribution in [3.8, 4) is 5.75 Å². The standard InChI is InChI=1S/C24H29NO4S/c1-3-19(29-17-13-12-15-8-4-5-9-16(15)14-17)22(26)25-23-21(24(27)28-2)18-10-6-7-11-20(18)30-23/h12-14,19H,3-11H2,1-2H3,(H,25,26)/t19-/m0/s1. The number of hydrogen-bond donors (Lipinski definition) is 1. The molecule has 0 unspecified atom stereocenters. The van der Waals surface area contributed by atoms with Gasteiger partial charge in [-0.2, -0.15) is 0 Å². The monoisotopic (exact) mass is 427 g/mol. The van der Waals surface area contributed by atoms with E-state index in [4.69, 9.17) is 9.47 Å². The number of esters is 1. The number of fused-ring (bicyclic) bond motifs is 2. The van der Waals surface area contributed by atoms with Crippen LogP contribution in [0.4, 0.5) is 5.00 Å². The molecule has 0 fully saturated rings. The van der Waals surface area contributed by atoms with E-state index in [1.165, 1.54) is 47.3 Å². The van der Waals surface area contributed by atoms with Crippen LogP contribution in [0.15, 0.2) is 18.2 Å². The molecule has 2 aliphatic carbocycles. The van der Waals surface area contributed by atoms with Gasteiger partial charge in [-0.1, -0.05) is 13.0 Å². The third-order valence-corrected chi connectivity index (χ3v) is 7.27. The topological polar surface area (TPSA) is 64.6 Å². The van der Waals surface area contributed by atoms with E-state index in [9.17, 15) is 9.59 Å². The molecule has 4 rings (SSSR count). The number of thiophene rings is 1. The van der Waals surface area contributed by atoms with Crippen molar-refractivity contribution in [1.29, 1.82) is 0 Å². The summed E-state index contributed by atoms with van der Waals surface area (Å²) in [5.41, 5.74) is 4.28. The summed E-state index contributed by atoms with van der Waals surface area (Å²) < 4.78 is 11.1. The van der Waals surface area contributed by atoms with Gasteiger partial charge >= 0.3 is 5.97 Å². The van der Waals surface area contributed by atoms with Crippen molar-refractivity contribution in [3.63, 3.8) is 0 Å². The zero-order valence-corrected chi connectivity index (χ0v) is 18.5. The van der Waals surface area contributed by atoms with Gasteiger partial charge in [0.1, 0.15) is 10.8 Å². The second-order valence-corrected chi connectivity index (χ2v) is 9.15. The Morgan fingerprint density at radius 1 is 1.07 bits per heavy atom. The van der Waals surface area contributed by atoms with Crippen LogP contribution in [0.2, 0.25) is 0 Å². The molecule has 0 aliphatic heterocycles. The second kappa shape index (κ2) is 9.21. The summed E-state index contributed by atoms with van der Waals surface area (Å²) in [7, 11) is 1.38. The molecule has 0 saturated heterocycles. The van der Waals surface area contributed by atoms with E-state index in [1.54, 1.807) is 0 Å². The first-order valence-electron chi connectivity index (χ1n) is 10.9. The van der Waals surface area contributed by atoms with Crippen LogP contribution in [0.5, 0.6) is 5.75 Å². The van der Waals surface area contributed by atoms with E-state index in [-0.39, 0.29) is 11.9 Å². The number of aryl methyl sites for hydroxylation is 3. The molecular weight excluding hydrogens is 398 g/mol. The van der Waals surface area contributed by atoms with Crippen molar-refractivity contribution in [3.05, 3.63) is 45.3 Å². The third-order valence-electron chi connectivity index (χ3n) is 6.06. The predicted octanol–water partition coefficient (Wildman–Crippen LogP) is 5.09. The van der Waals surface area contributed by atoms with Crippen LogP contribution in [-0.2, 0) is 35.2 Å². The lowest BCUT2D eigenvalue weighted by Crippen LogP contribution is -2.32. The van der Waals surface area contributed by atoms with Crippen molar-refractivity contribution in [2.75, 3.05) is 12.4 Å². The molecule has 1 amide bonds. The third kappa shape index (κ3) is 4.24. The first kappa shape index (κ1) is 20.9. The van der Waals surface area contributed by atoms with Gasteiger partial charge in [0.15, 0.2) is 6.10 Å². The SMILES string of the molecule is CC[C@H](Oc1ccc2c(c1)CCCC2)C(=O)Nc1sc2c(c1C(=O)OC)CCCC2. The molecule has 160 valence electrons. The number of carbonyl (C=O) groups excluding carboxylic acids is 2. The van der Waals surface area contributed by atoms with E-state index in [0.29, 0.717) is 17.0 Å².